The lowest BCUT2D eigenvalue weighted by Gasteiger charge is -2.28. The lowest BCUT2D eigenvalue weighted by Crippen LogP contribution is -2.37. The Bertz CT molecular complexity index is 967. The third-order valence-electron chi connectivity index (χ3n) is 4.48. The summed E-state index contributed by atoms with van der Waals surface area (Å²) in [6.45, 7) is 7.11. The summed E-state index contributed by atoms with van der Waals surface area (Å²) in [5.74, 6) is -0.224. The first-order valence-corrected chi connectivity index (χ1v) is 10.1. The number of hydrogen-bond donors (Lipinski definition) is 2. The number of carbonyl (C=O) groups is 2. The molecule has 2 N–H and O–H groups in total. The van der Waals surface area contributed by atoms with Crippen molar-refractivity contribution in [2.75, 3.05) is 23.7 Å². The Labute approximate surface area is 168 Å². The van der Waals surface area contributed by atoms with Crippen LogP contribution in [0.4, 0.5) is 10.8 Å². The molecular formula is C21H24N4O2S. The van der Waals surface area contributed by atoms with Crippen LogP contribution in [0.1, 0.15) is 32.4 Å². The summed E-state index contributed by atoms with van der Waals surface area (Å²) in [5.41, 5.74) is 2.46. The van der Waals surface area contributed by atoms with E-state index in [1.165, 1.54) is 18.3 Å². The van der Waals surface area contributed by atoms with E-state index in [4.69, 9.17) is 0 Å². The van der Waals surface area contributed by atoms with E-state index >= 15 is 0 Å². The second-order valence-corrected chi connectivity index (χ2v) is 7.44. The first kappa shape index (κ1) is 20.0. The van der Waals surface area contributed by atoms with Gasteiger partial charge in [0.15, 0.2) is 5.13 Å². The molecule has 0 spiro atoms. The molecule has 0 saturated carbocycles. The van der Waals surface area contributed by atoms with Gasteiger partial charge in [0.1, 0.15) is 6.04 Å². The van der Waals surface area contributed by atoms with E-state index in [-0.39, 0.29) is 17.9 Å². The highest BCUT2D eigenvalue weighted by atomic mass is 32.1. The zero-order valence-electron chi connectivity index (χ0n) is 16.2. The van der Waals surface area contributed by atoms with Crippen LogP contribution < -0.4 is 10.6 Å². The normalized spacial score (nSPS) is 12.1. The van der Waals surface area contributed by atoms with Crippen molar-refractivity contribution >= 4 is 44.2 Å². The van der Waals surface area contributed by atoms with E-state index in [1.807, 2.05) is 56.3 Å². The number of benzene rings is 2. The molecule has 28 heavy (non-hydrogen) atoms. The Morgan fingerprint density at radius 1 is 1.07 bits per heavy atom. The topological polar surface area (TPSA) is 74.3 Å². The van der Waals surface area contributed by atoms with Gasteiger partial charge in [0.2, 0.25) is 11.8 Å². The van der Waals surface area contributed by atoms with E-state index in [2.05, 4.69) is 20.5 Å². The fourth-order valence-electron chi connectivity index (χ4n) is 3.18. The van der Waals surface area contributed by atoms with Crippen LogP contribution in [0.15, 0.2) is 48.5 Å². The number of thiazole rings is 1. The van der Waals surface area contributed by atoms with E-state index in [0.717, 1.165) is 28.9 Å². The van der Waals surface area contributed by atoms with Crippen molar-refractivity contribution in [3.8, 4) is 0 Å². The molecule has 0 aliphatic carbocycles. The molecule has 3 rings (SSSR count). The number of likely N-dealkylation sites (N-methyl/N-ethyl adjacent to an activating group) is 1. The quantitative estimate of drug-likeness (QED) is 0.625. The lowest BCUT2D eigenvalue weighted by molar-refractivity contribution is -0.121. The van der Waals surface area contributed by atoms with Gasteiger partial charge in [-0.25, -0.2) is 4.98 Å². The van der Waals surface area contributed by atoms with Crippen LogP contribution in [-0.2, 0) is 9.59 Å². The standard InChI is InChI=1S/C21H24N4O2S/c1-4-25(5-2)19(15-9-7-6-8-10-15)20(27)24-21-23-17-12-11-16(22-14(3)26)13-18(17)28-21/h6-13,19H,4-5H2,1-3H3,(H,22,26)(H,23,24,27). The first-order valence-electron chi connectivity index (χ1n) is 9.29. The molecule has 1 unspecified atom stereocenters. The number of nitrogens with one attached hydrogen (secondary N) is 2. The van der Waals surface area contributed by atoms with Crippen molar-refractivity contribution in [3.05, 3.63) is 54.1 Å². The zero-order chi connectivity index (χ0) is 20.1. The molecule has 7 heteroatoms. The van der Waals surface area contributed by atoms with Crippen molar-refractivity contribution in [1.82, 2.24) is 9.88 Å². The van der Waals surface area contributed by atoms with Crippen molar-refractivity contribution in [3.63, 3.8) is 0 Å². The van der Waals surface area contributed by atoms with Gasteiger partial charge in [-0.15, -0.1) is 0 Å². The van der Waals surface area contributed by atoms with Crippen LogP contribution in [0, 0.1) is 0 Å². The Balaban J connectivity index is 1.85. The van der Waals surface area contributed by atoms with Gasteiger partial charge in [0.05, 0.1) is 10.2 Å². The number of amides is 2. The van der Waals surface area contributed by atoms with E-state index in [0.29, 0.717) is 10.8 Å². The first-order chi connectivity index (χ1) is 13.5. The largest absolute Gasteiger partial charge is 0.326 e. The van der Waals surface area contributed by atoms with Crippen LogP contribution >= 0.6 is 11.3 Å². The van der Waals surface area contributed by atoms with Gasteiger partial charge in [0, 0.05) is 12.6 Å². The molecule has 0 radical (unpaired) electrons. The highest BCUT2D eigenvalue weighted by molar-refractivity contribution is 7.22. The maximum Gasteiger partial charge on any atom is 0.248 e. The molecule has 1 aromatic heterocycles. The van der Waals surface area contributed by atoms with Gasteiger partial charge in [-0.2, -0.15) is 0 Å². The smallest absolute Gasteiger partial charge is 0.248 e. The Morgan fingerprint density at radius 3 is 2.43 bits per heavy atom. The Kier molecular flexibility index (Phi) is 6.38. The Hall–Kier alpha value is -2.77. The molecule has 1 heterocycles. The van der Waals surface area contributed by atoms with Crippen LogP contribution in [0.5, 0.6) is 0 Å². The summed E-state index contributed by atoms with van der Waals surface area (Å²) in [5, 5.41) is 6.29. The molecule has 6 nitrogen and oxygen atoms in total. The molecule has 0 fully saturated rings. The predicted molar refractivity (Wildman–Crippen MR) is 115 cm³/mol. The SMILES string of the molecule is CCN(CC)C(C(=O)Nc1nc2ccc(NC(C)=O)cc2s1)c1ccccc1. The molecule has 2 aromatic carbocycles. The minimum atomic E-state index is -0.377. The average Bonchev–Trinajstić information content (AvgIpc) is 3.07. The Morgan fingerprint density at radius 2 is 1.79 bits per heavy atom. The van der Waals surface area contributed by atoms with Crippen LogP contribution in [0.25, 0.3) is 10.2 Å². The second-order valence-electron chi connectivity index (χ2n) is 6.41. The molecule has 0 bridgehead atoms. The molecule has 146 valence electrons. The number of rotatable bonds is 7. The van der Waals surface area contributed by atoms with Crippen molar-refractivity contribution in [2.24, 2.45) is 0 Å². The summed E-state index contributed by atoms with van der Waals surface area (Å²) >= 11 is 1.39. The monoisotopic (exact) mass is 396 g/mol. The number of carbonyl (C=O) groups excluding carboxylic acids is 2. The fourth-order valence-corrected chi connectivity index (χ4v) is 4.09. The van der Waals surface area contributed by atoms with Gasteiger partial charge < -0.3 is 10.6 Å². The van der Waals surface area contributed by atoms with Gasteiger partial charge in [-0.1, -0.05) is 55.5 Å². The highest BCUT2D eigenvalue weighted by Gasteiger charge is 2.26. The van der Waals surface area contributed by atoms with Crippen molar-refractivity contribution in [2.45, 2.75) is 26.8 Å². The predicted octanol–water partition coefficient (Wildman–Crippen LogP) is 4.28. The van der Waals surface area contributed by atoms with Crippen molar-refractivity contribution < 1.29 is 9.59 Å². The summed E-state index contributed by atoms with van der Waals surface area (Å²) in [7, 11) is 0. The third kappa shape index (κ3) is 4.55. The number of aromatic nitrogens is 1. The number of hydrogen-bond acceptors (Lipinski definition) is 5. The zero-order valence-corrected chi connectivity index (χ0v) is 17.0. The van der Waals surface area contributed by atoms with Gasteiger partial charge >= 0.3 is 0 Å². The number of anilines is 2. The van der Waals surface area contributed by atoms with Gasteiger partial charge in [-0.05, 0) is 36.9 Å². The average molecular weight is 397 g/mol. The fraction of sp³-hybridized carbons (Fsp3) is 0.286. The van der Waals surface area contributed by atoms with Crippen LogP contribution in [-0.4, -0.2) is 34.8 Å². The summed E-state index contributed by atoms with van der Waals surface area (Å²) < 4.78 is 0.903. The minimum absolute atomic E-state index is 0.101. The minimum Gasteiger partial charge on any atom is -0.326 e. The second kappa shape index (κ2) is 8.95. The van der Waals surface area contributed by atoms with Gasteiger partial charge in [0.25, 0.3) is 0 Å². The van der Waals surface area contributed by atoms with Crippen LogP contribution in [0.2, 0.25) is 0 Å². The maximum absolute atomic E-state index is 13.1. The van der Waals surface area contributed by atoms with Crippen LogP contribution in [0.3, 0.4) is 0 Å². The number of nitrogens with zero attached hydrogens (tertiary/aromatic N) is 2. The van der Waals surface area contributed by atoms with E-state index < -0.39 is 0 Å². The molecule has 3 aromatic rings. The van der Waals surface area contributed by atoms with Gasteiger partial charge in [-0.3, -0.25) is 14.5 Å². The summed E-state index contributed by atoms with van der Waals surface area (Å²) in [6.07, 6.45) is 0. The van der Waals surface area contributed by atoms with E-state index in [1.54, 1.807) is 6.07 Å². The molecule has 0 aliphatic heterocycles. The summed E-state index contributed by atoms with van der Waals surface area (Å²) in [4.78, 5) is 31.0. The molecule has 0 aliphatic rings. The molecule has 2 amide bonds. The van der Waals surface area contributed by atoms with E-state index in [9.17, 15) is 9.59 Å². The van der Waals surface area contributed by atoms with Crippen molar-refractivity contribution in [1.29, 1.82) is 0 Å². The maximum atomic E-state index is 13.1. The number of fused-ring (bicyclic) bond motifs is 1. The molecule has 1 atom stereocenters. The lowest BCUT2D eigenvalue weighted by atomic mass is 10.0. The molecular weight excluding hydrogens is 372 g/mol. The summed E-state index contributed by atoms with van der Waals surface area (Å²) in [6, 6.07) is 14.9. The third-order valence-corrected chi connectivity index (χ3v) is 5.41. The molecule has 0 saturated heterocycles. The highest BCUT2D eigenvalue weighted by Crippen LogP contribution is 2.30.